The second-order valence-electron chi connectivity index (χ2n) is 5.58. The van der Waals surface area contributed by atoms with Crippen molar-refractivity contribution in [2.45, 2.75) is 46.5 Å². The van der Waals surface area contributed by atoms with E-state index in [2.05, 4.69) is 39.0 Å². The molecule has 1 aromatic rings. The van der Waals surface area contributed by atoms with Gasteiger partial charge in [0.2, 0.25) is 0 Å². The van der Waals surface area contributed by atoms with Gasteiger partial charge in [0, 0.05) is 12.3 Å². The number of benzene rings is 1. The van der Waals surface area contributed by atoms with E-state index in [0.717, 1.165) is 6.42 Å². The lowest BCUT2D eigenvalue weighted by Gasteiger charge is -2.14. The third kappa shape index (κ3) is 2.77. The average molecular weight is 230 g/mol. The van der Waals surface area contributed by atoms with Crippen LogP contribution in [0.3, 0.4) is 0 Å². The Morgan fingerprint density at radius 3 is 2.59 bits per heavy atom. The first-order chi connectivity index (χ1) is 8.08. The van der Waals surface area contributed by atoms with Crippen LogP contribution >= 0.6 is 0 Å². The first-order valence-electron chi connectivity index (χ1n) is 6.67. The Morgan fingerprint density at radius 2 is 2.00 bits per heavy atom. The van der Waals surface area contributed by atoms with Crippen LogP contribution < -0.4 is 0 Å². The maximum absolute atomic E-state index is 12.2. The highest BCUT2D eigenvalue weighted by Crippen LogP contribution is 2.32. The molecule has 0 spiro atoms. The van der Waals surface area contributed by atoms with Gasteiger partial charge in [0.05, 0.1) is 0 Å². The lowest BCUT2D eigenvalue weighted by molar-refractivity contribution is -0.123. The second kappa shape index (κ2) is 5.03. The first-order valence-corrected chi connectivity index (χ1v) is 6.67. The van der Waals surface area contributed by atoms with Gasteiger partial charge in [-0.05, 0) is 49.3 Å². The number of ketones is 1. The van der Waals surface area contributed by atoms with Gasteiger partial charge >= 0.3 is 0 Å². The molecule has 1 fully saturated rings. The minimum atomic E-state index is 0.316. The summed E-state index contributed by atoms with van der Waals surface area (Å²) in [6.07, 6.45) is 4.18. The predicted octanol–water partition coefficient (Wildman–Crippen LogP) is 3.85. The molecule has 1 aromatic carbocycles. The maximum Gasteiger partial charge on any atom is 0.140 e. The summed E-state index contributed by atoms with van der Waals surface area (Å²) in [7, 11) is 0. The van der Waals surface area contributed by atoms with Crippen LogP contribution in [0.25, 0.3) is 0 Å². The fraction of sp³-hybridized carbons (Fsp3) is 0.562. The number of hydrogen-bond donors (Lipinski definition) is 0. The van der Waals surface area contributed by atoms with Gasteiger partial charge in [0.1, 0.15) is 5.78 Å². The van der Waals surface area contributed by atoms with E-state index < -0.39 is 0 Å². The molecule has 92 valence electrons. The van der Waals surface area contributed by atoms with Crippen LogP contribution in [0.15, 0.2) is 18.2 Å². The van der Waals surface area contributed by atoms with Crippen molar-refractivity contribution >= 4 is 5.78 Å². The van der Waals surface area contributed by atoms with Gasteiger partial charge in [-0.1, -0.05) is 31.5 Å². The van der Waals surface area contributed by atoms with Gasteiger partial charge in [-0.2, -0.15) is 0 Å². The number of Topliss-reactive ketones (excluding diaryl/α,β-unsaturated/α-hetero) is 1. The van der Waals surface area contributed by atoms with Crippen molar-refractivity contribution in [1.82, 2.24) is 0 Å². The minimum Gasteiger partial charge on any atom is -0.299 e. The van der Waals surface area contributed by atoms with Crippen LogP contribution in [-0.4, -0.2) is 5.78 Å². The third-order valence-electron chi connectivity index (χ3n) is 4.22. The Kier molecular flexibility index (Phi) is 3.66. The Hall–Kier alpha value is -1.11. The highest BCUT2D eigenvalue weighted by Gasteiger charge is 2.29. The molecule has 0 N–H and O–H groups in total. The van der Waals surface area contributed by atoms with Crippen molar-refractivity contribution in [3.63, 3.8) is 0 Å². The molecule has 1 heteroatoms. The van der Waals surface area contributed by atoms with Crippen LogP contribution in [0.5, 0.6) is 0 Å². The molecule has 2 rings (SSSR count). The van der Waals surface area contributed by atoms with Crippen molar-refractivity contribution in [1.29, 1.82) is 0 Å². The normalized spacial score (nSPS) is 23.9. The topological polar surface area (TPSA) is 17.1 Å². The van der Waals surface area contributed by atoms with E-state index in [0.29, 0.717) is 24.0 Å². The largest absolute Gasteiger partial charge is 0.299 e. The van der Waals surface area contributed by atoms with Crippen LogP contribution in [-0.2, 0) is 11.2 Å². The molecule has 2 atom stereocenters. The predicted molar refractivity (Wildman–Crippen MR) is 71.1 cm³/mol. The third-order valence-corrected chi connectivity index (χ3v) is 4.22. The Morgan fingerprint density at radius 1 is 1.24 bits per heavy atom. The van der Waals surface area contributed by atoms with Crippen molar-refractivity contribution < 1.29 is 4.79 Å². The zero-order valence-electron chi connectivity index (χ0n) is 11.1. The molecule has 0 amide bonds. The molecule has 1 aliphatic carbocycles. The molecule has 0 saturated heterocycles. The van der Waals surface area contributed by atoms with Crippen molar-refractivity contribution in [2.24, 2.45) is 11.8 Å². The summed E-state index contributed by atoms with van der Waals surface area (Å²) in [5.41, 5.74) is 3.77. The monoisotopic (exact) mass is 230 g/mol. The summed E-state index contributed by atoms with van der Waals surface area (Å²) in [5.74, 6) is 1.35. The molecule has 2 unspecified atom stereocenters. The number of hydrogen-bond acceptors (Lipinski definition) is 1. The Bertz CT molecular complexity index is 420. The van der Waals surface area contributed by atoms with Crippen LogP contribution in [0, 0.1) is 25.7 Å². The SMILES string of the molecule is Cc1ccc(CC(=O)C2CCCC2C)cc1C. The van der Waals surface area contributed by atoms with E-state index in [-0.39, 0.29) is 0 Å². The molecule has 1 aliphatic rings. The summed E-state index contributed by atoms with van der Waals surface area (Å²) in [6.45, 7) is 6.44. The minimum absolute atomic E-state index is 0.316. The summed E-state index contributed by atoms with van der Waals surface area (Å²) in [4.78, 5) is 12.2. The smallest absolute Gasteiger partial charge is 0.140 e. The van der Waals surface area contributed by atoms with Gasteiger partial charge in [0.25, 0.3) is 0 Å². The van der Waals surface area contributed by atoms with Crippen LogP contribution in [0.1, 0.15) is 42.9 Å². The summed E-state index contributed by atoms with van der Waals surface area (Å²) in [5, 5.41) is 0. The van der Waals surface area contributed by atoms with E-state index >= 15 is 0 Å². The van der Waals surface area contributed by atoms with E-state index in [1.807, 2.05) is 0 Å². The number of carbonyl (C=O) groups excluding carboxylic acids is 1. The maximum atomic E-state index is 12.2. The van der Waals surface area contributed by atoms with Crippen molar-refractivity contribution in [3.05, 3.63) is 34.9 Å². The molecule has 0 bridgehead atoms. The van der Waals surface area contributed by atoms with E-state index in [1.165, 1.54) is 29.5 Å². The molecular weight excluding hydrogens is 208 g/mol. The number of rotatable bonds is 3. The lowest BCUT2D eigenvalue weighted by atomic mass is 9.89. The lowest BCUT2D eigenvalue weighted by Crippen LogP contribution is -2.19. The molecule has 17 heavy (non-hydrogen) atoms. The zero-order valence-corrected chi connectivity index (χ0v) is 11.1. The average Bonchev–Trinajstić information content (AvgIpc) is 2.70. The molecule has 0 radical (unpaired) electrons. The molecule has 1 nitrogen and oxygen atoms in total. The highest BCUT2D eigenvalue weighted by molar-refractivity contribution is 5.83. The van der Waals surface area contributed by atoms with E-state index in [4.69, 9.17) is 0 Å². The fourth-order valence-corrected chi connectivity index (χ4v) is 2.87. The van der Waals surface area contributed by atoms with Gasteiger partial charge in [-0.3, -0.25) is 4.79 Å². The van der Waals surface area contributed by atoms with Gasteiger partial charge in [0.15, 0.2) is 0 Å². The second-order valence-corrected chi connectivity index (χ2v) is 5.58. The number of carbonyl (C=O) groups is 1. The van der Waals surface area contributed by atoms with Gasteiger partial charge in [-0.15, -0.1) is 0 Å². The summed E-state index contributed by atoms with van der Waals surface area (Å²) < 4.78 is 0. The molecule has 0 heterocycles. The van der Waals surface area contributed by atoms with Gasteiger partial charge in [-0.25, -0.2) is 0 Å². The fourth-order valence-electron chi connectivity index (χ4n) is 2.87. The van der Waals surface area contributed by atoms with Crippen molar-refractivity contribution in [2.75, 3.05) is 0 Å². The Balaban J connectivity index is 2.05. The van der Waals surface area contributed by atoms with Gasteiger partial charge < -0.3 is 0 Å². The van der Waals surface area contributed by atoms with E-state index in [9.17, 15) is 4.79 Å². The van der Waals surface area contributed by atoms with Crippen LogP contribution in [0.4, 0.5) is 0 Å². The molecule has 0 aliphatic heterocycles. The molecular formula is C16H22O. The number of aryl methyl sites for hydroxylation is 2. The highest BCUT2D eigenvalue weighted by atomic mass is 16.1. The van der Waals surface area contributed by atoms with E-state index in [1.54, 1.807) is 0 Å². The molecule has 1 saturated carbocycles. The quantitative estimate of drug-likeness (QED) is 0.770. The molecule has 0 aromatic heterocycles. The van der Waals surface area contributed by atoms with Crippen molar-refractivity contribution in [3.8, 4) is 0 Å². The Labute approximate surface area is 104 Å². The zero-order chi connectivity index (χ0) is 12.4. The van der Waals surface area contributed by atoms with Crippen LogP contribution in [0.2, 0.25) is 0 Å². The summed E-state index contributed by atoms with van der Waals surface area (Å²) in [6, 6.07) is 6.38. The standard InChI is InChI=1S/C16H22O/c1-11-7-8-14(9-13(11)3)10-16(17)15-6-4-5-12(15)2/h7-9,12,15H,4-6,10H2,1-3H3. The first kappa shape index (κ1) is 12.3. The summed E-state index contributed by atoms with van der Waals surface area (Å²) >= 11 is 0.